The highest BCUT2D eigenvalue weighted by Crippen LogP contribution is 2.36. The SMILES string of the molecule is CCCOC1(C(=O)Nc2cnc(OCCOCC)c(C)c2)CCC(C)CC1. The van der Waals surface area contributed by atoms with Gasteiger partial charge in [-0.15, -0.1) is 0 Å². The van der Waals surface area contributed by atoms with Gasteiger partial charge in [0.2, 0.25) is 5.88 Å². The van der Waals surface area contributed by atoms with Crippen molar-refractivity contribution in [2.75, 3.05) is 31.7 Å². The Labute approximate surface area is 163 Å². The second kappa shape index (κ2) is 10.6. The molecule has 1 saturated carbocycles. The van der Waals surface area contributed by atoms with Crippen LogP contribution in [0.5, 0.6) is 5.88 Å². The fourth-order valence-corrected chi connectivity index (χ4v) is 3.33. The van der Waals surface area contributed by atoms with Gasteiger partial charge in [0.05, 0.1) is 18.5 Å². The third kappa shape index (κ3) is 6.18. The summed E-state index contributed by atoms with van der Waals surface area (Å²) in [6, 6.07) is 1.89. The van der Waals surface area contributed by atoms with Crippen molar-refractivity contribution in [1.82, 2.24) is 4.98 Å². The van der Waals surface area contributed by atoms with E-state index in [0.717, 1.165) is 37.7 Å². The van der Waals surface area contributed by atoms with Crippen LogP contribution in [0, 0.1) is 12.8 Å². The second-order valence-electron chi connectivity index (χ2n) is 7.37. The molecule has 1 aromatic rings. The smallest absolute Gasteiger partial charge is 0.256 e. The minimum atomic E-state index is -0.719. The minimum Gasteiger partial charge on any atom is -0.475 e. The Balaban J connectivity index is 2.01. The molecule has 27 heavy (non-hydrogen) atoms. The van der Waals surface area contributed by atoms with Crippen LogP contribution in [0.3, 0.4) is 0 Å². The summed E-state index contributed by atoms with van der Waals surface area (Å²) in [7, 11) is 0. The summed E-state index contributed by atoms with van der Waals surface area (Å²) < 4.78 is 17.0. The monoisotopic (exact) mass is 378 g/mol. The van der Waals surface area contributed by atoms with E-state index in [-0.39, 0.29) is 5.91 Å². The molecule has 1 amide bonds. The highest BCUT2D eigenvalue weighted by molar-refractivity contribution is 5.97. The van der Waals surface area contributed by atoms with Gasteiger partial charge in [-0.05, 0) is 57.9 Å². The zero-order valence-electron chi connectivity index (χ0n) is 17.2. The average molecular weight is 379 g/mol. The summed E-state index contributed by atoms with van der Waals surface area (Å²) >= 11 is 0. The Morgan fingerprint density at radius 1 is 1.26 bits per heavy atom. The van der Waals surface area contributed by atoms with Gasteiger partial charge in [-0.3, -0.25) is 4.79 Å². The predicted octanol–water partition coefficient (Wildman–Crippen LogP) is 4.12. The molecule has 0 atom stereocenters. The number of carbonyl (C=O) groups excluding carboxylic acids is 1. The normalized spacial score (nSPS) is 22.4. The number of aromatic nitrogens is 1. The largest absolute Gasteiger partial charge is 0.475 e. The highest BCUT2D eigenvalue weighted by atomic mass is 16.5. The molecule has 1 aliphatic carbocycles. The van der Waals surface area contributed by atoms with Crippen LogP contribution in [-0.4, -0.2) is 42.9 Å². The van der Waals surface area contributed by atoms with E-state index in [1.807, 2.05) is 19.9 Å². The maximum atomic E-state index is 13.0. The molecule has 1 heterocycles. The molecule has 1 aliphatic rings. The van der Waals surface area contributed by atoms with Gasteiger partial charge in [-0.1, -0.05) is 13.8 Å². The summed E-state index contributed by atoms with van der Waals surface area (Å²) in [5.74, 6) is 1.15. The van der Waals surface area contributed by atoms with Crippen LogP contribution in [0.4, 0.5) is 5.69 Å². The van der Waals surface area contributed by atoms with Crippen LogP contribution in [0.1, 0.15) is 58.4 Å². The van der Waals surface area contributed by atoms with Crippen molar-refractivity contribution in [3.63, 3.8) is 0 Å². The maximum absolute atomic E-state index is 13.0. The van der Waals surface area contributed by atoms with Crippen LogP contribution in [0.15, 0.2) is 12.3 Å². The molecule has 0 unspecified atom stereocenters. The number of nitrogens with one attached hydrogen (secondary N) is 1. The molecular formula is C21H34N2O4. The molecule has 0 saturated heterocycles. The number of carbonyl (C=O) groups is 1. The second-order valence-corrected chi connectivity index (χ2v) is 7.37. The summed E-state index contributed by atoms with van der Waals surface area (Å²) in [5, 5.41) is 3.01. The highest BCUT2D eigenvalue weighted by Gasteiger charge is 2.42. The molecular weight excluding hydrogens is 344 g/mol. The van der Waals surface area contributed by atoms with Crippen LogP contribution < -0.4 is 10.1 Å². The minimum absolute atomic E-state index is 0.0611. The number of rotatable bonds is 10. The van der Waals surface area contributed by atoms with E-state index < -0.39 is 5.60 Å². The van der Waals surface area contributed by atoms with E-state index in [2.05, 4.69) is 24.1 Å². The molecule has 2 rings (SSSR count). The molecule has 1 N–H and O–H groups in total. The first-order chi connectivity index (χ1) is 13.0. The number of anilines is 1. The lowest BCUT2D eigenvalue weighted by molar-refractivity contribution is -0.147. The number of ether oxygens (including phenoxy) is 3. The molecule has 0 bridgehead atoms. The number of amides is 1. The zero-order valence-corrected chi connectivity index (χ0v) is 17.2. The lowest BCUT2D eigenvalue weighted by Crippen LogP contribution is -2.48. The van der Waals surface area contributed by atoms with Crippen LogP contribution >= 0.6 is 0 Å². The standard InChI is InChI=1S/C21H34N2O4/c1-5-11-27-21(9-7-16(3)8-10-21)20(24)23-18-14-17(4)19(22-15-18)26-13-12-25-6-2/h14-16H,5-13H2,1-4H3,(H,23,24). The van der Waals surface area contributed by atoms with Crippen molar-refractivity contribution < 1.29 is 19.0 Å². The third-order valence-electron chi connectivity index (χ3n) is 5.04. The van der Waals surface area contributed by atoms with E-state index in [1.165, 1.54) is 0 Å². The van der Waals surface area contributed by atoms with E-state index in [1.54, 1.807) is 6.20 Å². The molecule has 0 aliphatic heterocycles. The van der Waals surface area contributed by atoms with Crippen molar-refractivity contribution in [3.8, 4) is 5.88 Å². The Hall–Kier alpha value is -1.66. The predicted molar refractivity (Wildman–Crippen MR) is 106 cm³/mol. The quantitative estimate of drug-likeness (QED) is 0.620. The lowest BCUT2D eigenvalue weighted by Gasteiger charge is -2.37. The first-order valence-electron chi connectivity index (χ1n) is 10.1. The van der Waals surface area contributed by atoms with Gasteiger partial charge in [0.15, 0.2) is 0 Å². The van der Waals surface area contributed by atoms with Gasteiger partial charge in [0.1, 0.15) is 12.2 Å². The summed E-state index contributed by atoms with van der Waals surface area (Å²) in [6.07, 6.45) is 6.11. The fraction of sp³-hybridized carbons (Fsp3) is 0.714. The lowest BCUT2D eigenvalue weighted by atomic mass is 9.78. The summed E-state index contributed by atoms with van der Waals surface area (Å²) in [4.78, 5) is 17.4. The van der Waals surface area contributed by atoms with Crippen molar-refractivity contribution in [2.24, 2.45) is 5.92 Å². The van der Waals surface area contributed by atoms with E-state index in [0.29, 0.717) is 43.9 Å². The molecule has 0 radical (unpaired) electrons. The number of aryl methyl sites for hydroxylation is 1. The molecule has 1 fully saturated rings. The Morgan fingerprint density at radius 2 is 2.00 bits per heavy atom. The topological polar surface area (TPSA) is 69.7 Å². The van der Waals surface area contributed by atoms with Crippen LogP contribution in [0.25, 0.3) is 0 Å². The molecule has 0 aromatic carbocycles. The van der Waals surface area contributed by atoms with E-state index in [4.69, 9.17) is 14.2 Å². The molecule has 0 spiro atoms. The van der Waals surface area contributed by atoms with Crippen molar-refractivity contribution >= 4 is 11.6 Å². The number of hydrogen-bond donors (Lipinski definition) is 1. The van der Waals surface area contributed by atoms with Crippen molar-refractivity contribution in [1.29, 1.82) is 0 Å². The van der Waals surface area contributed by atoms with Gasteiger partial charge in [0.25, 0.3) is 5.91 Å². The number of nitrogens with zero attached hydrogens (tertiary/aromatic N) is 1. The summed E-state index contributed by atoms with van der Waals surface area (Å²) in [5.41, 5.74) is 0.834. The van der Waals surface area contributed by atoms with Gasteiger partial charge in [0, 0.05) is 18.8 Å². The Bertz CT molecular complexity index is 592. The van der Waals surface area contributed by atoms with Crippen molar-refractivity contribution in [3.05, 3.63) is 17.8 Å². The maximum Gasteiger partial charge on any atom is 0.256 e. The molecule has 1 aromatic heterocycles. The molecule has 152 valence electrons. The van der Waals surface area contributed by atoms with Crippen molar-refractivity contribution in [2.45, 2.75) is 65.4 Å². The molecule has 6 nitrogen and oxygen atoms in total. The van der Waals surface area contributed by atoms with Gasteiger partial charge in [-0.25, -0.2) is 4.98 Å². The van der Waals surface area contributed by atoms with Gasteiger partial charge < -0.3 is 19.5 Å². The Morgan fingerprint density at radius 3 is 2.63 bits per heavy atom. The fourth-order valence-electron chi connectivity index (χ4n) is 3.33. The number of pyridine rings is 1. The van der Waals surface area contributed by atoms with Crippen LogP contribution in [0.2, 0.25) is 0 Å². The molecule has 6 heteroatoms. The third-order valence-corrected chi connectivity index (χ3v) is 5.04. The Kier molecular flexibility index (Phi) is 8.51. The average Bonchev–Trinajstić information content (AvgIpc) is 2.66. The van der Waals surface area contributed by atoms with Gasteiger partial charge >= 0.3 is 0 Å². The zero-order chi connectivity index (χ0) is 19.7. The van der Waals surface area contributed by atoms with Gasteiger partial charge in [-0.2, -0.15) is 0 Å². The number of hydrogen-bond acceptors (Lipinski definition) is 5. The summed E-state index contributed by atoms with van der Waals surface area (Å²) in [6.45, 7) is 10.4. The first kappa shape index (κ1) is 21.6. The van der Waals surface area contributed by atoms with Crippen LogP contribution in [-0.2, 0) is 14.3 Å². The first-order valence-corrected chi connectivity index (χ1v) is 10.1. The van der Waals surface area contributed by atoms with E-state index in [9.17, 15) is 4.79 Å². The van der Waals surface area contributed by atoms with E-state index >= 15 is 0 Å².